The van der Waals surface area contributed by atoms with Gasteiger partial charge in [-0.2, -0.15) is 5.10 Å². The van der Waals surface area contributed by atoms with Gasteiger partial charge in [-0.1, -0.05) is 13.8 Å². The Morgan fingerprint density at radius 3 is 2.79 bits per heavy atom. The Balaban J connectivity index is 2.06. The third kappa shape index (κ3) is 2.16. The van der Waals surface area contributed by atoms with Crippen LogP contribution in [0, 0.1) is 5.41 Å². The number of aromatic nitrogens is 4. The molecule has 1 aliphatic rings. The molecule has 0 bridgehead atoms. The lowest BCUT2D eigenvalue weighted by molar-refractivity contribution is 0.0910. The number of aryl methyl sites for hydroxylation is 1. The van der Waals surface area contributed by atoms with Crippen LogP contribution in [0.1, 0.15) is 36.3 Å². The van der Waals surface area contributed by atoms with Gasteiger partial charge in [0.25, 0.3) is 0 Å². The van der Waals surface area contributed by atoms with Gasteiger partial charge in [0.2, 0.25) is 0 Å². The average molecular weight is 256 g/mol. The second-order valence-corrected chi connectivity index (χ2v) is 5.87. The number of hydrogen-bond acceptors (Lipinski definition) is 4. The van der Waals surface area contributed by atoms with Crippen molar-refractivity contribution in [1.29, 1.82) is 0 Å². The Hall–Kier alpha value is -2.04. The lowest BCUT2D eigenvalue weighted by Gasteiger charge is -2.29. The van der Waals surface area contributed by atoms with Gasteiger partial charge in [0.05, 0.1) is 11.3 Å². The molecule has 0 amide bonds. The molecule has 5 heteroatoms. The largest absolute Gasteiger partial charge is 0.294 e. The average Bonchev–Trinajstić information content (AvgIpc) is 2.73. The van der Waals surface area contributed by atoms with E-state index in [1.807, 2.05) is 19.3 Å². The van der Waals surface area contributed by atoms with Gasteiger partial charge in [0.15, 0.2) is 11.6 Å². The summed E-state index contributed by atoms with van der Waals surface area (Å²) in [7, 11) is 1.86. The fourth-order valence-corrected chi connectivity index (χ4v) is 2.49. The van der Waals surface area contributed by atoms with Gasteiger partial charge in [-0.3, -0.25) is 9.48 Å². The predicted octanol–water partition coefficient (Wildman–Crippen LogP) is 2.03. The molecule has 98 valence electrons. The van der Waals surface area contributed by atoms with Crippen LogP contribution in [-0.4, -0.2) is 25.5 Å². The van der Waals surface area contributed by atoms with E-state index in [1.165, 1.54) is 0 Å². The first-order chi connectivity index (χ1) is 8.94. The molecule has 0 aliphatic heterocycles. The van der Waals surface area contributed by atoms with E-state index in [0.717, 1.165) is 17.8 Å². The lowest BCUT2D eigenvalue weighted by Crippen LogP contribution is -2.28. The minimum Gasteiger partial charge on any atom is -0.294 e. The highest BCUT2D eigenvalue weighted by Gasteiger charge is 2.32. The Morgan fingerprint density at radius 2 is 2.11 bits per heavy atom. The topological polar surface area (TPSA) is 60.7 Å². The number of Topliss-reactive ketones (excluding diaryl/α,β-unsaturated/α-hetero) is 1. The minimum absolute atomic E-state index is 0.0280. The molecular formula is C14H16N4O. The summed E-state index contributed by atoms with van der Waals surface area (Å²) in [5.41, 5.74) is 2.22. The third-order valence-corrected chi connectivity index (χ3v) is 3.40. The quantitative estimate of drug-likeness (QED) is 0.783. The molecule has 0 saturated carbocycles. The van der Waals surface area contributed by atoms with Crippen LogP contribution in [0.4, 0.5) is 0 Å². The Labute approximate surface area is 111 Å². The Bertz CT molecular complexity index is 657. The molecule has 0 atom stereocenters. The zero-order valence-corrected chi connectivity index (χ0v) is 11.3. The van der Waals surface area contributed by atoms with E-state index in [0.29, 0.717) is 17.8 Å². The zero-order valence-electron chi connectivity index (χ0n) is 11.3. The smallest absolute Gasteiger partial charge is 0.180 e. The van der Waals surface area contributed by atoms with Gasteiger partial charge >= 0.3 is 0 Å². The van der Waals surface area contributed by atoms with Crippen molar-refractivity contribution in [3.63, 3.8) is 0 Å². The summed E-state index contributed by atoms with van der Waals surface area (Å²) in [6, 6.07) is 1.87. The first kappa shape index (κ1) is 12.0. The summed E-state index contributed by atoms with van der Waals surface area (Å²) in [5, 5.41) is 4.29. The van der Waals surface area contributed by atoms with Crippen LogP contribution < -0.4 is 0 Å². The molecule has 0 saturated heterocycles. The molecule has 0 radical (unpaired) electrons. The highest BCUT2D eigenvalue weighted by molar-refractivity contribution is 5.98. The maximum Gasteiger partial charge on any atom is 0.180 e. The van der Waals surface area contributed by atoms with Crippen molar-refractivity contribution in [3.05, 3.63) is 29.7 Å². The van der Waals surface area contributed by atoms with E-state index in [1.54, 1.807) is 10.9 Å². The van der Waals surface area contributed by atoms with Crippen LogP contribution in [0.3, 0.4) is 0 Å². The molecule has 0 aromatic carbocycles. The maximum absolute atomic E-state index is 12.1. The van der Waals surface area contributed by atoms with E-state index >= 15 is 0 Å². The molecule has 0 spiro atoms. The van der Waals surface area contributed by atoms with Gasteiger partial charge in [-0.15, -0.1) is 0 Å². The number of carbonyl (C=O) groups excluding carboxylic acids is 1. The fraction of sp³-hybridized carbons (Fsp3) is 0.429. The monoisotopic (exact) mass is 256 g/mol. The van der Waals surface area contributed by atoms with Crippen LogP contribution >= 0.6 is 0 Å². The highest BCUT2D eigenvalue weighted by Crippen LogP contribution is 2.33. The van der Waals surface area contributed by atoms with Gasteiger partial charge in [0.1, 0.15) is 5.69 Å². The van der Waals surface area contributed by atoms with Crippen molar-refractivity contribution in [3.8, 4) is 11.5 Å². The number of carbonyl (C=O) groups is 1. The van der Waals surface area contributed by atoms with Crippen LogP contribution in [0.5, 0.6) is 0 Å². The van der Waals surface area contributed by atoms with E-state index in [9.17, 15) is 4.79 Å². The van der Waals surface area contributed by atoms with Crippen molar-refractivity contribution in [1.82, 2.24) is 19.7 Å². The molecule has 1 aliphatic carbocycles. The highest BCUT2D eigenvalue weighted by atomic mass is 16.1. The number of rotatable bonds is 1. The van der Waals surface area contributed by atoms with Crippen LogP contribution in [0.25, 0.3) is 11.5 Å². The lowest BCUT2D eigenvalue weighted by atomic mass is 9.76. The molecule has 5 nitrogen and oxygen atoms in total. The third-order valence-electron chi connectivity index (χ3n) is 3.40. The van der Waals surface area contributed by atoms with Gasteiger partial charge in [0, 0.05) is 25.9 Å². The SMILES string of the molecule is Cn1ccc(-c2ncc3c(n2)CC(C)(C)CC3=O)n1. The second kappa shape index (κ2) is 3.98. The molecule has 0 N–H and O–H groups in total. The molecule has 2 heterocycles. The molecule has 3 rings (SSSR count). The van der Waals surface area contributed by atoms with Gasteiger partial charge < -0.3 is 0 Å². The van der Waals surface area contributed by atoms with E-state index in [2.05, 4.69) is 28.9 Å². The summed E-state index contributed by atoms with van der Waals surface area (Å²) < 4.78 is 1.72. The first-order valence-electron chi connectivity index (χ1n) is 6.34. The standard InChI is InChI=1S/C14H16N4O/c1-14(2)6-11-9(12(19)7-14)8-15-13(16-11)10-4-5-18(3)17-10/h4-5,8H,6-7H2,1-3H3. The van der Waals surface area contributed by atoms with E-state index in [-0.39, 0.29) is 11.2 Å². The first-order valence-corrected chi connectivity index (χ1v) is 6.34. The number of hydrogen-bond donors (Lipinski definition) is 0. The van der Waals surface area contributed by atoms with Gasteiger partial charge in [-0.05, 0) is 17.9 Å². The molecule has 19 heavy (non-hydrogen) atoms. The summed E-state index contributed by atoms with van der Waals surface area (Å²) in [6.07, 6.45) is 4.86. The van der Waals surface area contributed by atoms with E-state index in [4.69, 9.17) is 0 Å². The minimum atomic E-state index is -0.0280. The normalized spacial score (nSPS) is 17.3. The molecule has 0 unspecified atom stereocenters. The Morgan fingerprint density at radius 1 is 1.32 bits per heavy atom. The zero-order chi connectivity index (χ0) is 13.6. The van der Waals surface area contributed by atoms with Crippen LogP contribution in [0.15, 0.2) is 18.5 Å². The number of nitrogens with zero attached hydrogens (tertiary/aromatic N) is 4. The summed E-state index contributed by atoms with van der Waals surface area (Å²) in [4.78, 5) is 20.9. The summed E-state index contributed by atoms with van der Waals surface area (Å²) in [6.45, 7) is 4.19. The second-order valence-electron chi connectivity index (χ2n) is 5.87. The van der Waals surface area contributed by atoms with Crippen molar-refractivity contribution < 1.29 is 4.79 Å². The number of fused-ring (bicyclic) bond motifs is 1. The van der Waals surface area contributed by atoms with Crippen LogP contribution in [0.2, 0.25) is 0 Å². The van der Waals surface area contributed by atoms with Crippen molar-refractivity contribution >= 4 is 5.78 Å². The number of ketones is 1. The molecule has 2 aromatic rings. The molecule has 2 aromatic heterocycles. The van der Waals surface area contributed by atoms with Crippen molar-refractivity contribution in [2.45, 2.75) is 26.7 Å². The Kier molecular flexibility index (Phi) is 2.52. The van der Waals surface area contributed by atoms with Crippen molar-refractivity contribution in [2.75, 3.05) is 0 Å². The summed E-state index contributed by atoms with van der Waals surface area (Å²) >= 11 is 0. The van der Waals surface area contributed by atoms with Crippen LogP contribution in [-0.2, 0) is 13.5 Å². The molecule has 0 fully saturated rings. The maximum atomic E-state index is 12.1. The van der Waals surface area contributed by atoms with Crippen molar-refractivity contribution in [2.24, 2.45) is 12.5 Å². The van der Waals surface area contributed by atoms with E-state index < -0.39 is 0 Å². The predicted molar refractivity (Wildman–Crippen MR) is 70.7 cm³/mol. The molecular weight excluding hydrogens is 240 g/mol. The fourth-order valence-electron chi connectivity index (χ4n) is 2.49. The summed E-state index contributed by atoms with van der Waals surface area (Å²) in [5.74, 6) is 0.726. The van der Waals surface area contributed by atoms with Gasteiger partial charge in [-0.25, -0.2) is 9.97 Å².